The Morgan fingerprint density at radius 1 is 1.10 bits per heavy atom. The molecule has 6 rings (SSSR count). The second-order valence-corrected chi connectivity index (χ2v) is 17.1. The van der Waals surface area contributed by atoms with E-state index >= 15 is 4.11 Å². The highest BCUT2D eigenvalue weighted by Crippen LogP contribution is 2.60. The number of ether oxygens (including phenoxy) is 1. The first-order chi connectivity index (χ1) is 20.0. The van der Waals surface area contributed by atoms with Gasteiger partial charge in [0.15, 0.2) is 5.60 Å². The van der Waals surface area contributed by atoms with Gasteiger partial charge in [-0.1, -0.05) is 77.5 Å². The van der Waals surface area contributed by atoms with Gasteiger partial charge < -0.3 is 23.8 Å². The summed E-state index contributed by atoms with van der Waals surface area (Å²) >= 11 is 3.58. The van der Waals surface area contributed by atoms with Gasteiger partial charge in [0.1, 0.15) is 0 Å². The molecule has 0 bridgehead atoms. The smallest absolute Gasteiger partial charge is 0.264 e. The molecule has 3 aliphatic heterocycles. The van der Waals surface area contributed by atoms with E-state index in [1.54, 1.807) is 22.9 Å². The molecule has 3 aliphatic rings. The molecule has 0 radical (unpaired) electrons. The summed E-state index contributed by atoms with van der Waals surface area (Å²) in [7, 11) is -3.43. The minimum atomic E-state index is -3.43. The first kappa shape index (κ1) is 29.2. The number of carbonyl (C=O) groups excluding carboxylic acids is 2. The molecule has 0 saturated carbocycles. The molecule has 1 saturated heterocycles. The van der Waals surface area contributed by atoms with Crippen molar-refractivity contribution in [3.8, 4) is 0 Å². The lowest BCUT2D eigenvalue weighted by atomic mass is 9.82. The van der Waals surface area contributed by atoms with Crippen molar-refractivity contribution in [3.63, 3.8) is 0 Å². The molecule has 0 unspecified atom stereocenters. The van der Waals surface area contributed by atoms with Gasteiger partial charge in [-0.05, 0) is 54.4 Å². The summed E-state index contributed by atoms with van der Waals surface area (Å²) in [5.41, 5.74) is 2.62. The van der Waals surface area contributed by atoms with Gasteiger partial charge in [-0.25, -0.2) is 0 Å². The highest BCUT2D eigenvalue weighted by Gasteiger charge is 2.67. The van der Waals surface area contributed by atoms with Crippen molar-refractivity contribution in [3.05, 3.63) is 99.5 Å². The molecule has 2 amide bonds. The summed E-state index contributed by atoms with van der Waals surface area (Å²) in [6, 6.07) is 23.1. The standard InChI is InChI=1S/C33H36BrFN2O4Si/c1-21-31(42(2,3)35)29(17-30(39)36-19-24-12-8-7-11-23(24)15-26(36)20-38)41-33(21)27-16-25(34)13-14-28(27)37(32(33)40)18-22-9-5-4-6-10-22/h4-14,16,21,26,29,31,38H,15,17-20H2,1-3H3/t21-,26+,29+,31-,33+/m1/s1. The minimum absolute atomic E-state index is 0.0505. The predicted octanol–water partition coefficient (Wildman–Crippen LogP) is 6.11. The van der Waals surface area contributed by atoms with Crippen molar-refractivity contribution < 1.29 is 23.5 Å². The van der Waals surface area contributed by atoms with E-state index in [0.717, 1.165) is 26.9 Å². The van der Waals surface area contributed by atoms with Crippen molar-refractivity contribution in [2.75, 3.05) is 11.5 Å². The zero-order valence-electron chi connectivity index (χ0n) is 24.1. The third-order valence-electron chi connectivity index (χ3n) is 9.37. The Balaban J connectivity index is 1.36. The molecule has 0 aromatic heterocycles. The van der Waals surface area contributed by atoms with E-state index in [1.807, 2.05) is 79.7 Å². The lowest BCUT2D eigenvalue weighted by molar-refractivity contribution is -0.151. The molecule has 1 spiro atoms. The van der Waals surface area contributed by atoms with Crippen LogP contribution in [0.2, 0.25) is 18.6 Å². The van der Waals surface area contributed by atoms with Gasteiger partial charge in [0, 0.05) is 28.0 Å². The van der Waals surface area contributed by atoms with Crippen LogP contribution in [0.4, 0.5) is 9.80 Å². The molecule has 5 atom stereocenters. The maximum absolute atomic E-state index is 16.2. The number of hydrogen-bond donors (Lipinski definition) is 1. The molecule has 3 heterocycles. The van der Waals surface area contributed by atoms with Gasteiger partial charge >= 0.3 is 0 Å². The van der Waals surface area contributed by atoms with E-state index < -0.39 is 31.6 Å². The number of benzene rings is 3. The number of rotatable bonds is 6. The summed E-state index contributed by atoms with van der Waals surface area (Å²) < 4.78 is 23.8. The monoisotopic (exact) mass is 650 g/mol. The lowest BCUT2D eigenvalue weighted by Crippen LogP contribution is -2.48. The molecule has 9 heteroatoms. The maximum Gasteiger partial charge on any atom is 0.264 e. The lowest BCUT2D eigenvalue weighted by Gasteiger charge is -2.37. The van der Waals surface area contributed by atoms with Gasteiger partial charge in [-0.3, -0.25) is 9.59 Å². The number of aliphatic hydroxyl groups excluding tert-OH is 1. The quantitative estimate of drug-likeness (QED) is 0.258. The Bertz CT molecular complexity index is 1520. The first-order valence-electron chi connectivity index (χ1n) is 14.5. The van der Waals surface area contributed by atoms with E-state index in [2.05, 4.69) is 15.9 Å². The van der Waals surface area contributed by atoms with Crippen LogP contribution in [-0.2, 0) is 39.4 Å². The van der Waals surface area contributed by atoms with Crippen molar-refractivity contribution in [2.45, 2.75) is 69.2 Å². The number of aliphatic hydroxyl groups is 1. The number of anilines is 1. The number of nitrogens with zero attached hydrogens (tertiary/aromatic N) is 2. The number of halogens is 2. The van der Waals surface area contributed by atoms with Gasteiger partial charge in [0.25, 0.3) is 5.91 Å². The fraction of sp³-hybridized carbons (Fsp3) is 0.394. The Morgan fingerprint density at radius 2 is 1.79 bits per heavy atom. The SMILES string of the molecule is C[C@@H]1[C@@H]([Si](C)(C)F)[C@H](CC(=O)N2Cc3ccccc3C[C@H]2CO)O[C@@]12C(=O)N(Cc1ccccc1)c1ccc(Br)cc12. The highest BCUT2D eigenvalue weighted by molar-refractivity contribution is 9.10. The van der Waals surface area contributed by atoms with E-state index in [-0.39, 0.29) is 30.9 Å². The van der Waals surface area contributed by atoms with E-state index in [0.29, 0.717) is 25.1 Å². The summed E-state index contributed by atoms with van der Waals surface area (Å²) in [5.74, 6) is -0.897. The summed E-state index contributed by atoms with van der Waals surface area (Å²) in [5, 5.41) is 10.2. The predicted molar refractivity (Wildman–Crippen MR) is 166 cm³/mol. The molecule has 42 heavy (non-hydrogen) atoms. The molecule has 0 aliphatic carbocycles. The van der Waals surface area contributed by atoms with Crippen molar-refractivity contribution in [1.82, 2.24) is 4.90 Å². The van der Waals surface area contributed by atoms with Gasteiger partial charge in [-0.15, -0.1) is 0 Å². The van der Waals surface area contributed by atoms with Crippen LogP contribution in [0, 0.1) is 5.92 Å². The zero-order chi connectivity index (χ0) is 29.8. The van der Waals surface area contributed by atoms with Crippen LogP contribution < -0.4 is 4.90 Å². The van der Waals surface area contributed by atoms with Crippen LogP contribution in [0.3, 0.4) is 0 Å². The number of fused-ring (bicyclic) bond motifs is 3. The second-order valence-electron chi connectivity index (χ2n) is 12.3. The average Bonchev–Trinajstić information content (AvgIpc) is 3.39. The van der Waals surface area contributed by atoms with Crippen LogP contribution in [0.5, 0.6) is 0 Å². The summed E-state index contributed by atoms with van der Waals surface area (Å²) in [4.78, 5) is 31.9. The van der Waals surface area contributed by atoms with Crippen LogP contribution in [0.15, 0.2) is 77.3 Å². The third kappa shape index (κ3) is 4.84. The summed E-state index contributed by atoms with van der Waals surface area (Å²) in [6.07, 6.45) is -0.264. The molecule has 1 fully saturated rings. The summed E-state index contributed by atoms with van der Waals surface area (Å²) in [6.45, 7) is 5.78. The normalized spacial score (nSPS) is 27.0. The maximum atomic E-state index is 16.2. The zero-order valence-corrected chi connectivity index (χ0v) is 26.7. The first-order valence-corrected chi connectivity index (χ1v) is 18.3. The minimum Gasteiger partial charge on any atom is -0.394 e. The van der Waals surface area contributed by atoms with Crippen LogP contribution in [0.25, 0.3) is 0 Å². The Labute approximate surface area is 255 Å². The number of amides is 2. The number of hydrogen-bond acceptors (Lipinski definition) is 4. The largest absolute Gasteiger partial charge is 0.394 e. The Kier molecular flexibility index (Phi) is 7.66. The van der Waals surface area contributed by atoms with Gasteiger partial charge in [0.2, 0.25) is 14.3 Å². The fourth-order valence-corrected chi connectivity index (χ4v) is 10.3. The fourth-order valence-electron chi connectivity index (χ4n) is 7.47. The van der Waals surface area contributed by atoms with E-state index in [1.165, 1.54) is 0 Å². The van der Waals surface area contributed by atoms with Crippen LogP contribution in [0.1, 0.15) is 35.6 Å². The third-order valence-corrected chi connectivity index (χ3v) is 12.3. The topological polar surface area (TPSA) is 70.1 Å². The van der Waals surface area contributed by atoms with Crippen LogP contribution in [-0.4, -0.2) is 49.0 Å². The molecule has 220 valence electrons. The average molecular weight is 652 g/mol. The van der Waals surface area contributed by atoms with Gasteiger partial charge in [-0.2, -0.15) is 0 Å². The molecule has 3 aromatic carbocycles. The Hall–Kier alpha value is -2.85. The highest BCUT2D eigenvalue weighted by atomic mass is 79.9. The van der Waals surface area contributed by atoms with Crippen molar-refractivity contribution in [1.29, 1.82) is 0 Å². The van der Waals surface area contributed by atoms with E-state index in [4.69, 9.17) is 4.74 Å². The van der Waals surface area contributed by atoms with E-state index in [9.17, 15) is 14.7 Å². The van der Waals surface area contributed by atoms with Crippen LogP contribution >= 0.6 is 15.9 Å². The molecule has 3 aromatic rings. The molecular weight excluding hydrogens is 615 g/mol. The number of carbonyl (C=O) groups is 2. The molecule has 1 N–H and O–H groups in total. The molecular formula is C33H36BrFN2O4Si. The molecule has 6 nitrogen and oxygen atoms in total. The van der Waals surface area contributed by atoms with Crippen molar-refractivity contribution >= 4 is 41.8 Å². The van der Waals surface area contributed by atoms with Crippen molar-refractivity contribution in [2.24, 2.45) is 5.92 Å². The van der Waals surface area contributed by atoms with Gasteiger partial charge in [0.05, 0.1) is 37.4 Å². The Morgan fingerprint density at radius 3 is 2.48 bits per heavy atom. The second kappa shape index (κ2) is 11.0.